The molecule has 34 heavy (non-hydrogen) atoms. The topological polar surface area (TPSA) is 0 Å². The van der Waals surface area contributed by atoms with Crippen LogP contribution in [0, 0.1) is 0 Å². The van der Waals surface area contributed by atoms with Crippen LogP contribution in [0.2, 0.25) is 0 Å². The highest BCUT2D eigenvalue weighted by Crippen LogP contribution is 2.15. The van der Waals surface area contributed by atoms with Gasteiger partial charge in [0.15, 0.2) is 0 Å². The van der Waals surface area contributed by atoms with Gasteiger partial charge in [-0.2, -0.15) is 0 Å². The second-order valence-electron chi connectivity index (χ2n) is 12.8. The van der Waals surface area contributed by atoms with Crippen LogP contribution < -0.4 is 0 Å². The summed E-state index contributed by atoms with van der Waals surface area (Å²) in [5.74, 6) is 0. The second kappa shape index (κ2) is 23.3. The third kappa shape index (κ3) is 25.0. The average molecular weight is 483 g/mol. The van der Waals surface area contributed by atoms with E-state index < -0.39 is 0 Å². The lowest BCUT2D eigenvalue weighted by Gasteiger charge is -2.36. The lowest BCUT2D eigenvalue weighted by atomic mass is 10.0. The van der Waals surface area contributed by atoms with Crippen LogP contribution in [0.5, 0.6) is 0 Å². The van der Waals surface area contributed by atoms with Gasteiger partial charge in [0.2, 0.25) is 0 Å². The van der Waals surface area contributed by atoms with Gasteiger partial charge in [0, 0.05) is 0 Å². The Morgan fingerprint density at radius 3 is 0.706 bits per heavy atom. The Hall–Kier alpha value is -0.0800. The number of quaternary nitrogens is 2. The lowest BCUT2D eigenvalue weighted by Crippen LogP contribution is -2.51. The number of hydrogen-bond acceptors (Lipinski definition) is 0. The molecule has 0 heterocycles. The first kappa shape index (κ1) is 33.9. The Morgan fingerprint density at radius 1 is 0.265 bits per heavy atom. The molecule has 0 atom stereocenters. The van der Waals surface area contributed by atoms with Crippen molar-refractivity contribution in [1.82, 2.24) is 0 Å². The Balaban J connectivity index is 3.51. The molecule has 0 fully saturated rings. The van der Waals surface area contributed by atoms with Crippen LogP contribution in [0.1, 0.15) is 155 Å². The van der Waals surface area contributed by atoms with Crippen molar-refractivity contribution in [2.75, 3.05) is 54.4 Å². The first-order chi connectivity index (χ1) is 16.3. The summed E-state index contributed by atoms with van der Waals surface area (Å²) in [5, 5.41) is 0. The maximum atomic E-state index is 2.45. The molecule has 0 aromatic rings. The quantitative estimate of drug-likeness (QED) is 0.0807. The zero-order valence-corrected chi connectivity index (χ0v) is 25.3. The van der Waals surface area contributed by atoms with Gasteiger partial charge in [0.1, 0.15) is 13.1 Å². The Labute approximate surface area is 218 Å². The zero-order valence-electron chi connectivity index (χ0n) is 25.3. The fraction of sp³-hybridized carbons (Fsp3) is 1.00. The molecule has 0 amide bonds. The highest BCUT2D eigenvalue weighted by molar-refractivity contribution is 4.50. The van der Waals surface area contributed by atoms with Gasteiger partial charge in [-0.3, -0.25) is 0 Å². The highest BCUT2D eigenvalue weighted by atomic mass is 15.4. The molecule has 2 nitrogen and oxygen atoms in total. The van der Waals surface area contributed by atoms with Crippen molar-refractivity contribution in [3.8, 4) is 0 Å². The van der Waals surface area contributed by atoms with Crippen molar-refractivity contribution in [2.45, 2.75) is 155 Å². The third-order valence-corrected chi connectivity index (χ3v) is 8.04. The van der Waals surface area contributed by atoms with Gasteiger partial charge in [-0.05, 0) is 25.7 Å². The Kier molecular flexibility index (Phi) is 23.3. The largest absolute Gasteiger partial charge is 0.324 e. The van der Waals surface area contributed by atoms with Crippen LogP contribution in [-0.4, -0.2) is 63.3 Å². The average Bonchev–Trinajstić information content (AvgIpc) is 2.80. The highest BCUT2D eigenvalue weighted by Gasteiger charge is 2.22. The molecule has 0 aliphatic heterocycles. The molecule has 0 N–H and O–H groups in total. The van der Waals surface area contributed by atoms with Crippen molar-refractivity contribution in [2.24, 2.45) is 0 Å². The molecule has 0 aromatic carbocycles. The van der Waals surface area contributed by atoms with Gasteiger partial charge in [0.05, 0.1) is 41.3 Å². The number of hydrogen-bond donors (Lipinski definition) is 0. The monoisotopic (exact) mass is 483 g/mol. The minimum absolute atomic E-state index is 1.20. The van der Waals surface area contributed by atoms with Gasteiger partial charge in [0.25, 0.3) is 0 Å². The molecule has 0 bridgehead atoms. The smallest absolute Gasteiger partial charge is 0.128 e. The Morgan fingerprint density at radius 2 is 0.471 bits per heavy atom. The van der Waals surface area contributed by atoms with Gasteiger partial charge in [-0.1, -0.05) is 129 Å². The number of likely N-dealkylation sites (N-methyl/N-ethyl adjacent to an activating group) is 2. The summed E-state index contributed by atoms with van der Waals surface area (Å²) in [5.41, 5.74) is 0. The van der Waals surface area contributed by atoms with Crippen molar-refractivity contribution >= 4 is 0 Å². The van der Waals surface area contributed by atoms with E-state index >= 15 is 0 Å². The molecule has 0 saturated heterocycles. The normalized spacial score (nSPS) is 12.5. The lowest BCUT2D eigenvalue weighted by molar-refractivity contribution is -0.946. The van der Waals surface area contributed by atoms with E-state index in [2.05, 4.69) is 42.0 Å². The van der Waals surface area contributed by atoms with E-state index in [0.29, 0.717) is 0 Å². The molecule has 2 heteroatoms. The summed E-state index contributed by atoms with van der Waals surface area (Å²) >= 11 is 0. The molecule has 206 valence electrons. The molecule has 0 rings (SSSR count). The number of rotatable bonds is 27. The van der Waals surface area contributed by atoms with Gasteiger partial charge in [-0.25, -0.2) is 0 Å². The van der Waals surface area contributed by atoms with Crippen molar-refractivity contribution in [3.05, 3.63) is 0 Å². The third-order valence-electron chi connectivity index (χ3n) is 8.04. The SMILES string of the molecule is CCCCCCCCCCCCCCCCCC[N+](C)(C)CC[N+](C)(C)CCCCCCCC. The van der Waals surface area contributed by atoms with E-state index in [1.165, 1.54) is 176 Å². The predicted octanol–water partition coefficient (Wildman–Crippen LogP) is 9.76. The summed E-state index contributed by atoms with van der Waals surface area (Å²) in [7, 11) is 9.80. The van der Waals surface area contributed by atoms with Crippen LogP contribution in [-0.2, 0) is 0 Å². The van der Waals surface area contributed by atoms with Gasteiger partial charge in [-0.15, -0.1) is 0 Å². The summed E-state index contributed by atoms with van der Waals surface area (Å²) in [4.78, 5) is 0. The van der Waals surface area contributed by atoms with Gasteiger partial charge < -0.3 is 8.97 Å². The molecule has 0 unspecified atom stereocenters. The molecular formula is C32H70N2+2. The van der Waals surface area contributed by atoms with Crippen LogP contribution in [0.3, 0.4) is 0 Å². The molecule has 0 aromatic heterocycles. The van der Waals surface area contributed by atoms with E-state index in [0.717, 1.165) is 0 Å². The zero-order chi connectivity index (χ0) is 25.4. The molecule has 0 radical (unpaired) electrons. The minimum Gasteiger partial charge on any atom is -0.324 e. The molecule has 0 aliphatic rings. The maximum Gasteiger partial charge on any atom is 0.128 e. The fourth-order valence-electron chi connectivity index (χ4n) is 5.17. The van der Waals surface area contributed by atoms with Gasteiger partial charge >= 0.3 is 0 Å². The predicted molar refractivity (Wildman–Crippen MR) is 157 cm³/mol. The minimum atomic E-state index is 1.20. The van der Waals surface area contributed by atoms with Crippen molar-refractivity contribution < 1.29 is 8.97 Å². The summed E-state index contributed by atoms with van der Waals surface area (Å²) in [6.07, 6.45) is 31.8. The Bertz CT molecular complexity index is 402. The van der Waals surface area contributed by atoms with Crippen LogP contribution in [0.4, 0.5) is 0 Å². The molecular weight excluding hydrogens is 412 g/mol. The van der Waals surface area contributed by atoms with E-state index in [-0.39, 0.29) is 0 Å². The fourth-order valence-corrected chi connectivity index (χ4v) is 5.17. The van der Waals surface area contributed by atoms with Crippen LogP contribution in [0.25, 0.3) is 0 Å². The van der Waals surface area contributed by atoms with Crippen molar-refractivity contribution in [1.29, 1.82) is 0 Å². The van der Waals surface area contributed by atoms with Crippen LogP contribution in [0.15, 0.2) is 0 Å². The molecule has 0 aliphatic carbocycles. The van der Waals surface area contributed by atoms with Crippen LogP contribution >= 0.6 is 0 Å². The van der Waals surface area contributed by atoms with E-state index in [9.17, 15) is 0 Å². The van der Waals surface area contributed by atoms with E-state index in [1.807, 2.05) is 0 Å². The molecule has 0 saturated carbocycles. The first-order valence-electron chi connectivity index (χ1n) is 16.0. The molecule has 0 spiro atoms. The maximum absolute atomic E-state index is 2.45. The summed E-state index contributed by atoms with van der Waals surface area (Å²) in [6.45, 7) is 9.96. The van der Waals surface area contributed by atoms with E-state index in [1.54, 1.807) is 0 Å². The summed E-state index contributed by atoms with van der Waals surface area (Å²) < 4.78 is 2.41. The standard InChI is InChI=1S/C32H70N2/c1-7-9-11-13-15-16-17-18-19-20-21-22-23-24-26-28-30-34(5,6)32-31-33(3,4)29-27-25-14-12-10-8-2/h7-32H2,1-6H3/q+2. The van der Waals surface area contributed by atoms with Crippen molar-refractivity contribution in [3.63, 3.8) is 0 Å². The summed E-state index contributed by atoms with van der Waals surface area (Å²) in [6, 6.07) is 0. The number of nitrogens with zero attached hydrogens (tertiary/aromatic N) is 2. The van der Waals surface area contributed by atoms with E-state index in [4.69, 9.17) is 0 Å². The second-order valence-corrected chi connectivity index (χ2v) is 12.8. The number of unbranched alkanes of at least 4 members (excludes halogenated alkanes) is 20. The first-order valence-corrected chi connectivity index (χ1v) is 16.0.